The molecule has 3 heteroatoms. The quantitative estimate of drug-likeness (QED) is 0.510. The Morgan fingerprint density at radius 3 is 2.29 bits per heavy atom. The van der Waals surface area contributed by atoms with Crippen molar-refractivity contribution in [2.75, 3.05) is 7.11 Å². The number of fused-ring (bicyclic) bond motifs is 3. The molecule has 2 atom stereocenters. The average Bonchev–Trinajstić information content (AvgIpc) is 2.79. The summed E-state index contributed by atoms with van der Waals surface area (Å²) < 4.78 is 11.8. The summed E-state index contributed by atoms with van der Waals surface area (Å²) in [5.74, 6) is 1.79. The SMILES string of the molecule is COc1ccc([C@H]2N[C@H](c3ccccc3)c3ccc4ccccc4c3O2)cc1. The van der Waals surface area contributed by atoms with Crippen molar-refractivity contribution in [1.29, 1.82) is 0 Å². The zero-order valence-corrected chi connectivity index (χ0v) is 15.6. The van der Waals surface area contributed by atoms with E-state index >= 15 is 0 Å². The van der Waals surface area contributed by atoms with Gasteiger partial charge in [-0.15, -0.1) is 0 Å². The third-order valence-corrected chi connectivity index (χ3v) is 5.33. The van der Waals surface area contributed by atoms with E-state index in [0.29, 0.717) is 0 Å². The molecule has 0 aromatic heterocycles. The molecule has 0 radical (unpaired) electrons. The molecule has 0 aliphatic carbocycles. The minimum atomic E-state index is -0.241. The minimum absolute atomic E-state index is 0.0571. The predicted molar refractivity (Wildman–Crippen MR) is 112 cm³/mol. The minimum Gasteiger partial charge on any atom is -0.497 e. The molecule has 1 heterocycles. The van der Waals surface area contributed by atoms with Crippen LogP contribution in [0.4, 0.5) is 0 Å². The van der Waals surface area contributed by atoms with Gasteiger partial charge in [-0.05, 0) is 23.1 Å². The van der Waals surface area contributed by atoms with Crippen LogP contribution in [0.25, 0.3) is 10.8 Å². The second-order valence-corrected chi connectivity index (χ2v) is 6.99. The van der Waals surface area contributed by atoms with E-state index in [2.05, 4.69) is 78.1 Å². The third-order valence-electron chi connectivity index (χ3n) is 5.33. The van der Waals surface area contributed by atoms with E-state index in [1.165, 1.54) is 10.9 Å². The Hall–Kier alpha value is -3.30. The van der Waals surface area contributed by atoms with Crippen LogP contribution in [0.2, 0.25) is 0 Å². The lowest BCUT2D eigenvalue weighted by molar-refractivity contribution is 0.135. The molecule has 0 saturated heterocycles. The van der Waals surface area contributed by atoms with Gasteiger partial charge in [-0.25, -0.2) is 0 Å². The number of methoxy groups -OCH3 is 1. The normalized spacial score (nSPS) is 18.3. The van der Waals surface area contributed by atoms with Gasteiger partial charge in [0.05, 0.1) is 13.2 Å². The van der Waals surface area contributed by atoms with Crippen molar-refractivity contribution in [2.45, 2.75) is 12.3 Å². The maximum absolute atomic E-state index is 6.50. The Morgan fingerprint density at radius 2 is 1.50 bits per heavy atom. The van der Waals surface area contributed by atoms with E-state index in [-0.39, 0.29) is 12.3 Å². The molecule has 1 aliphatic rings. The molecule has 0 saturated carbocycles. The molecule has 0 unspecified atom stereocenters. The number of hydrogen-bond donors (Lipinski definition) is 1. The number of hydrogen-bond acceptors (Lipinski definition) is 3. The van der Waals surface area contributed by atoms with Crippen LogP contribution in [0.1, 0.15) is 29.0 Å². The molecule has 138 valence electrons. The maximum atomic E-state index is 6.50. The molecule has 4 aromatic rings. The fraction of sp³-hybridized carbons (Fsp3) is 0.120. The summed E-state index contributed by atoms with van der Waals surface area (Å²) >= 11 is 0. The number of nitrogens with one attached hydrogen (secondary N) is 1. The van der Waals surface area contributed by atoms with Crippen molar-refractivity contribution in [1.82, 2.24) is 5.32 Å². The molecular weight excluding hydrogens is 346 g/mol. The number of rotatable bonds is 3. The van der Waals surface area contributed by atoms with Crippen LogP contribution in [-0.2, 0) is 0 Å². The van der Waals surface area contributed by atoms with Crippen molar-refractivity contribution in [3.8, 4) is 11.5 Å². The Bertz CT molecular complexity index is 1110. The van der Waals surface area contributed by atoms with Crippen molar-refractivity contribution in [2.24, 2.45) is 0 Å². The van der Waals surface area contributed by atoms with Crippen molar-refractivity contribution in [3.63, 3.8) is 0 Å². The summed E-state index contributed by atoms with van der Waals surface area (Å²) in [4.78, 5) is 0. The summed E-state index contributed by atoms with van der Waals surface area (Å²) in [5.41, 5.74) is 3.45. The van der Waals surface area contributed by atoms with Crippen LogP contribution >= 0.6 is 0 Å². The van der Waals surface area contributed by atoms with Crippen LogP contribution < -0.4 is 14.8 Å². The average molecular weight is 367 g/mol. The van der Waals surface area contributed by atoms with Gasteiger partial charge in [-0.3, -0.25) is 5.32 Å². The molecule has 4 aromatic carbocycles. The molecule has 1 aliphatic heterocycles. The van der Waals surface area contributed by atoms with Gasteiger partial charge >= 0.3 is 0 Å². The van der Waals surface area contributed by atoms with E-state index in [0.717, 1.165) is 28.0 Å². The Labute approximate surface area is 164 Å². The zero-order valence-electron chi connectivity index (χ0n) is 15.6. The zero-order chi connectivity index (χ0) is 18.9. The largest absolute Gasteiger partial charge is 0.497 e. The monoisotopic (exact) mass is 367 g/mol. The Balaban J connectivity index is 1.65. The fourth-order valence-electron chi connectivity index (χ4n) is 3.88. The second-order valence-electron chi connectivity index (χ2n) is 6.99. The molecular formula is C25H21NO2. The first-order valence-corrected chi connectivity index (χ1v) is 9.47. The molecule has 0 bridgehead atoms. The van der Waals surface area contributed by atoms with Gasteiger partial charge in [0.25, 0.3) is 0 Å². The highest BCUT2D eigenvalue weighted by atomic mass is 16.5. The molecule has 3 nitrogen and oxygen atoms in total. The van der Waals surface area contributed by atoms with Crippen LogP contribution in [0.3, 0.4) is 0 Å². The van der Waals surface area contributed by atoms with Gasteiger partial charge in [0.2, 0.25) is 0 Å². The molecule has 0 amide bonds. The van der Waals surface area contributed by atoms with E-state index in [9.17, 15) is 0 Å². The van der Waals surface area contributed by atoms with E-state index in [4.69, 9.17) is 9.47 Å². The summed E-state index contributed by atoms with van der Waals surface area (Å²) in [6, 6.07) is 31.3. The first kappa shape index (κ1) is 16.8. The summed E-state index contributed by atoms with van der Waals surface area (Å²) in [5, 5.41) is 6.00. The van der Waals surface area contributed by atoms with Crippen molar-refractivity contribution >= 4 is 10.8 Å². The molecule has 0 fully saturated rings. The van der Waals surface area contributed by atoms with Gasteiger partial charge in [-0.2, -0.15) is 0 Å². The summed E-state index contributed by atoms with van der Waals surface area (Å²) in [7, 11) is 1.68. The lowest BCUT2D eigenvalue weighted by Gasteiger charge is -2.35. The summed E-state index contributed by atoms with van der Waals surface area (Å²) in [6.45, 7) is 0. The van der Waals surface area contributed by atoms with E-state index < -0.39 is 0 Å². The van der Waals surface area contributed by atoms with E-state index in [1.54, 1.807) is 7.11 Å². The summed E-state index contributed by atoms with van der Waals surface area (Å²) in [6.07, 6.45) is -0.241. The topological polar surface area (TPSA) is 30.5 Å². The highest BCUT2D eigenvalue weighted by Gasteiger charge is 2.30. The van der Waals surface area contributed by atoms with Crippen LogP contribution in [-0.4, -0.2) is 7.11 Å². The van der Waals surface area contributed by atoms with Gasteiger partial charge < -0.3 is 9.47 Å². The van der Waals surface area contributed by atoms with Crippen LogP contribution in [0.5, 0.6) is 11.5 Å². The van der Waals surface area contributed by atoms with Crippen molar-refractivity contribution < 1.29 is 9.47 Å². The fourth-order valence-corrected chi connectivity index (χ4v) is 3.88. The number of benzene rings is 4. The number of ether oxygens (including phenoxy) is 2. The molecule has 0 spiro atoms. The van der Waals surface area contributed by atoms with Gasteiger partial charge in [0.1, 0.15) is 11.5 Å². The van der Waals surface area contributed by atoms with Gasteiger partial charge in [0.15, 0.2) is 6.23 Å². The van der Waals surface area contributed by atoms with Crippen LogP contribution in [0.15, 0.2) is 91.0 Å². The lowest BCUT2D eigenvalue weighted by Crippen LogP contribution is -2.35. The van der Waals surface area contributed by atoms with Crippen molar-refractivity contribution in [3.05, 3.63) is 108 Å². The predicted octanol–water partition coefficient (Wildman–Crippen LogP) is 5.62. The third kappa shape index (κ3) is 2.90. The highest BCUT2D eigenvalue weighted by molar-refractivity contribution is 5.90. The van der Waals surface area contributed by atoms with E-state index in [1.807, 2.05) is 18.2 Å². The molecule has 1 N–H and O–H groups in total. The lowest BCUT2D eigenvalue weighted by atomic mass is 9.93. The van der Waals surface area contributed by atoms with Gasteiger partial charge in [-0.1, -0.05) is 78.9 Å². The standard InChI is InChI=1S/C25H21NO2/c1-27-20-14-11-19(12-15-20)25-26-23(18-8-3-2-4-9-18)22-16-13-17-7-5-6-10-21(17)24(22)28-25/h2-16,23,25-26H,1H3/t23-,25+/m1/s1. The Kier molecular flexibility index (Phi) is 4.22. The first-order valence-electron chi connectivity index (χ1n) is 9.47. The first-order chi connectivity index (χ1) is 13.8. The molecule has 5 rings (SSSR count). The highest BCUT2D eigenvalue weighted by Crippen LogP contribution is 2.42. The smallest absolute Gasteiger partial charge is 0.177 e. The second kappa shape index (κ2) is 7.02. The van der Waals surface area contributed by atoms with Gasteiger partial charge in [0, 0.05) is 16.5 Å². The van der Waals surface area contributed by atoms with Crippen LogP contribution in [0, 0.1) is 0 Å². The Morgan fingerprint density at radius 1 is 0.750 bits per heavy atom. The maximum Gasteiger partial charge on any atom is 0.177 e. The molecule has 28 heavy (non-hydrogen) atoms.